The van der Waals surface area contributed by atoms with Gasteiger partial charge in [-0.25, -0.2) is 9.36 Å². The average Bonchev–Trinajstić information content (AvgIpc) is 2.56. The number of esters is 1. The van der Waals surface area contributed by atoms with E-state index in [1.54, 1.807) is 12.1 Å². The number of ether oxygens (including phenoxy) is 1. The molecular weight excluding hydrogens is 341 g/mol. The van der Waals surface area contributed by atoms with E-state index in [2.05, 4.69) is 4.74 Å². The van der Waals surface area contributed by atoms with Crippen molar-refractivity contribution in [1.29, 1.82) is 0 Å². The van der Waals surface area contributed by atoms with Crippen LogP contribution >= 0.6 is 7.60 Å². The second-order valence-corrected chi connectivity index (χ2v) is 6.49. The molecule has 0 aliphatic rings. The van der Waals surface area contributed by atoms with Gasteiger partial charge in [0, 0.05) is 0 Å². The summed E-state index contributed by atoms with van der Waals surface area (Å²) in [7, 11) is -5.26. The highest BCUT2D eigenvalue weighted by Crippen LogP contribution is 2.61. The van der Waals surface area contributed by atoms with Gasteiger partial charge in [-0.3, -0.25) is 0 Å². The zero-order valence-corrected chi connectivity index (χ0v) is 13.6. The molecule has 0 fully saturated rings. The van der Waals surface area contributed by atoms with Crippen LogP contribution in [0.3, 0.4) is 0 Å². The summed E-state index contributed by atoms with van der Waals surface area (Å²) >= 11 is 0. The minimum Gasteiger partial charge on any atom is -0.461 e. The Balaban J connectivity index is 2.40. The van der Waals surface area contributed by atoms with Gasteiger partial charge in [-0.1, -0.05) is 36.4 Å². The van der Waals surface area contributed by atoms with Crippen molar-refractivity contribution in [2.24, 2.45) is 0 Å². The minimum absolute atomic E-state index is 0.124. The third-order valence-corrected chi connectivity index (χ3v) is 4.58. The fourth-order valence-corrected chi connectivity index (χ4v) is 3.06. The van der Waals surface area contributed by atoms with E-state index < -0.39 is 19.2 Å². The Bertz CT molecular complexity index is 676. The molecule has 24 heavy (non-hydrogen) atoms. The molecule has 5 nitrogen and oxygen atoms in total. The lowest BCUT2D eigenvalue weighted by molar-refractivity contribution is -0.161. The maximum Gasteiger partial charge on any atom is 0.512 e. The number of para-hydroxylation sites is 2. The molecule has 0 N–H and O–H groups in total. The van der Waals surface area contributed by atoms with Gasteiger partial charge in [-0.05, 0) is 31.2 Å². The van der Waals surface area contributed by atoms with Crippen molar-refractivity contribution in [3.8, 4) is 11.5 Å². The monoisotopic (exact) mass is 356 g/mol. The van der Waals surface area contributed by atoms with E-state index in [-0.39, 0.29) is 18.1 Å². The van der Waals surface area contributed by atoms with Gasteiger partial charge in [-0.2, -0.15) is 8.78 Å². The Hall–Kier alpha value is -2.40. The molecule has 128 valence electrons. The average molecular weight is 356 g/mol. The predicted octanol–water partition coefficient (Wildman–Crippen LogP) is 4.49. The molecule has 0 unspecified atom stereocenters. The van der Waals surface area contributed by atoms with Crippen LogP contribution in [0.5, 0.6) is 11.5 Å². The summed E-state index contributed by atoms with van der Waals surface area (Å²) in [6, 6.07) is 14.6. The zero-order chi connectivity index (χ0) is 17.6. The van der Waals surface area contributed by atoms with Crippen LogP contribution in [0.4, 0.5) is 8.78 Å². The Morgan fingerprint density at radius 2 is 1.38 bits per heavy atom. The quantitative estimate of drug-likeness (QED) is 0.540. The molecule has 0 saturated heterocycles. The molecule has 0 saturated carbocycles. The normalized spacial score (nSPS) is 11.6. The molecule has 8 heteroatoms. The van der Waals surface area contributed by atoms with Crippen molar-refractivity contribution < 1.29 is 31.9 Å². The Kier molecular flexibility index (Phi) is 5.57. The first-order valence-electron chi connectivity index (χ1n) is 7.03. The van der Waals surface area contributed by atoms with E-state index in [0.717, 1.165) is 0 Å². The van der Waals surface area contributed by atoms with Crippen LogP contribution < -0.4 is 9.05 Å². The zero-order valence-electron chi connectivity index (χ0n) is 12.7. The Morgan fingerprint density at radius 3 is 1.75 bits per heavy atom. The van der Waals surface area contributed by atoms with Crippen LogP contribution in [-0.4, -0.2) is 18.2 Å². The number of benzene rings is 2. The lowest BCUT2D eigenvalue weighted by atomic mass is 10.3. The molecule has 0 aromatic heterocycles. The van der Waals surface area contributed by atoms with Crippen molar-refractivity contribution in [3.63, 3.8) is 0 Å². The number of halogens is 2. The lowest BCUT2D eigenvalue weighted by Crippen LogP contribution is -2.34. The highest BCUT2D eigenvalue weighted by atomic mass is 31.2. The van der Waals surface area contributed by atoms with Gasteiger partial charge in [0.25, 0.3) is 0 Å². The van der Waals surface area contributed by atoms with Crippen LogP contribution in [0.25, 0.3) is 0 Å². The van der Waals surface area contributed by atoms with Crippen molar-refractivity contribution in [2.75, 3.05) is 6.61 Å². The molecule has 0 aliphatic heterocycles. The summed E-state index contributed by atoms with van der Waals surface area (Å²) in [5.41, 5.74) is -4.48. The van der Waals surface area contributed by atoms with Gasteiger partial charge < -0.3 is 13.8 Å². The van der Waals surface area contributed by atoms with E-state index >= 15 is 0 Å². The molecule has 0 atom stereocenters. The Labute approximate surface area is 137 Å². The molecule has 2 aromatic rings. The molecule has 0 aliphatic carbocycles. The summed E-state index contributed by atoms with van der Waals surface area (Å²) in [5.74, 6) is -2.22. The van der Waals surface area contributed by atoms with Gasteiger partial charge in [0.05, 0.1) is 6.61 Å². The highest BCUT2D eigenvalue weighted by molar-refractivity contribution is 7.57. The van der Waals surface area contributed by atoms with E-state index in [1.807, 2.05) is 0 Å². The molecule has 2 rings (SSSR count). The largest absolute Gasteiger partial charge is 0.512 e. The van der Waals surface area contributed by atoms with Crippen molar-refractivity contribution in [2.45, 2.75) is 12.6 Å². The van der Waals surface area contributed by atoms with Crippen LogP contribution in [0.2, 0.25) is 0 Å². The van der Waals surface area contributed by atoms with Gasteiger partial charge in [0.15, 0.2) is 0 Å². The first-order valence-corrected chi connectivity index (χ1v) is 8.58. The summed E-state index contributed by atoms with van der Waals surface area (Å²) in [4.78, 5) is 11.6. The minimum atomic E-state index is -5.26. The van der Waals surface area contributed by atoms with Crippen molar-refractivity contribution >= 4 is 13.6 Å². The molecule has 0 bridgehead atoms. The fraction of sp³-hybridized carbons (Fsp3) is 0.188. The van der Waals surface area contributed by atoms with E-state index in [1.165, 1.54) is 55.5 Å². The fourth-order valence-electron chi connectivity index (χ4n) is 1.70. The van der Waals surface area contributed by atoms with Gasteiger partial charge in [0.2, 0.25) is 0 Å². The topological polar surface area (TPSA) is 61.8 Å². The summed E-state index contributed by atoms with van der Waals surface area (Å²) in [6.07, 6.45) is 0. The van der Waals surface area contributed by atoms with E-state index in [0.29, 0.717) is 0 Å². The van der Waals surface area contributed by atoms with Crippen LogP contribution in [0, 0.1) is 0 Å². The van der Waals surface area contributed by atoms with E-state index in [4.69, 9.17) is 9.05 Å². The lowest BCUT2D eigenvalue weighted by Gasteiger charge is -2.25. The SMILES string of the molecule is CCOC(=O)C(F)(F)P(=O)(Oc1ccccc1)Oc1ccccc1. The molecule has 0 radical (unpaired) electrons. The molecular formula is C16H15F2O5P. The molecule has 0 spiro atoms. The van der Waals surface area contributed by atoms with Gasteiger partial charge in [-0.15, -0.1) is 0 Å². The smallest absolute Gasteiger partial charge is 0.461 e. The number of alkyl halides is 2. The molecule has 0 heterocycles. The van der Waals surface area contributed by atoms with E-state index in [9.17, 15) is 18.1 Å². The number of carbonyl (C=O) groups excluding carboxylic acids is 1. The van der Waals surface area contributed by atoms with Crippen LogP contribution in [0.15, 0.2) is 60.7 Å². The van der Waals surface area contributed by atoms with Gasteiger partial charge in [0.1, 0.15) is 11.5 Å². The van der Waals surface area contributed by atoms with Crippen molar-refractivity contribution in [3.05, 3.63) is 60.7 Å². The van der Waals surface area contributed by atoms with Gasteiger partial charge >= 0.3 is 19.2 Å². The van der Waals surface area contributed by atoms with Crippen LogP contribution in [-0.2, 0) is 14.1 Å². The first kappa shape index (κ1) is 17.9. The highest BCUT2D eigenvalue weighted by Gasteiger charge is 2.64. The third kappa shape index (κ3) is 3.92. The second kappa shape index (κ2) is 7.45. The summed E-state index contributed by atoms with van der Waals surface area (Å²) in [5, 5.41) is 0. The van der Waals surface area contributed by atoms with Crippen LogP contribution in [0.1, 0.15) is 6.92 Å². The maximum absolute atomic E-state index is 14.4. The standard InChI is InChI=1S/C16H15F2O5P/c1-2-21-15(19)16(17,18)24(20,22-13-9-5-3-6-10-13)23-14-11-7-4-8-12-14/h3-12H,2H2,1H3. The number of hydrogen-bond donors (Lipinski definition) is 0. The predicted molar refractivity (Wildman–Crippen MR) is 83.3 cm³/mol. The number of hydrogen-bond acceptors (Lipinski definition) is 5. The molecule has 0 amide bonds. The summed E-state index contributed by atoms with van der Waals surface area (Å²) < 4.78 is 55.8. The maximum atomic E-state index is 14.4. The first-order chi connectivity index (χ1) is 11.4. The number of carbonyl (C=O) groups is 1. The number of rotatable bonds is 7. The third-order valence-electron chi connectivity index (χ3n) is 2.80. The van der Waals surface area contributed by atoms with Crippen molar-refractivity contribution in [1.82, 2.24) is 0 Å². The summed E-state index contributed by atoms with van der Waals surface area (Å²) in [6.45, 7) is 1.06. The molecule has 2 aromatic carbocycles. The second-order valence-electron chi connectivity index (χ2n) is 4.57. The Morgan fingerprint density at radius 1 is 0.958 bits per heavy atom.